The van der Waals surface area contributed by atoms with Gasteiger partial charge < -0.3 is 10.8 Å². The Morgan fingerprint density at radius 3 is 3.00 bits per heavy atom. The van der Waals surface area contributed by atoms with Gasteiger partial charge in [-0.1, -0.05) is 18.2 Å². The second kappa shape index (κ2) is 2.70. The third kappa shape index (κ3) is 0.955. The van der Waals surface area contributed by atoms with Gasteiger partial charge in [0, 0.05) is 22.7 Å². The zero-order chi connectivity index (χ0) is 8.39. The number of hydrogen-bond acceptors (Lipinski definition) is 2. The molecule has 2 aromatic rings. The van der Waals surface area contributed by atoms with Crippen LogP contribution in [0.2, 0.25) is 0 Å². The molecule has 1 aromatic carbocycles. The largest absolute Gasteiger partial charge is 0.361 e. The topological polar surface area (TPSA) is 54.2 Å². The Balaban J connectivity index is 2.70. The normalized spacial score (nSPS) is 11.3. The van der Waals surface area contributed by atoms with Gasteiger partial charge in [0.1, 0.15) is 0 Å². The fraction of sp³-hybridized carbons (Fsp3) is 0. The molecule has 2 rings (SSSR count). The Hall–Kier alpha value is -1.77. The van der Waals surface area contributed by atoms with Crippen LogP contribution in [-0.2, 0) is 0 Å². The molecule has 0 bridgehead atoms. The fourth-order valence-corrected chi connectivity index (χ4v) is 1.28. The quantitative estimate of drug-likeness (QED) is 0.369. The number of aromatic nitrogens is 1. The average molecular weight is 159 g/mol. The van der Waals surface area contributed by atoms with Gasteiger partial charge in [-0.25, -0.2) is 0 Å². The maximum atomic E-state index is 5.07. The summed E-state index contributed by atoms with van der Waals surface area (Å²) < 4.78 is 0. The van der Waals surface area contributed by atoms with Gasteiger partial charge >= 0.3 is 0 Å². The first-order valence-electron chi connectivity index (χ1n) is 3.71. The molecule has 0 aliphatic heterocycles. The number of nitrogens with two attached hydrogens (primary N) is 1. The zero-order valence-corrected chi connectivity index (χ0v) is 6.49. The summed E-state index contributed by atoms with van der Waals surface area (Å²) in [6.07, 6.45) is 3.53. The fourth-order valence-electron chi connectivity index (χ4n) is 1.28. The van der Waals surface area contributed by atoms with Crippen molar-refractivity contribution in [3.63, 3.8) is 0 Å². The van der Waals surface area contributed by atoms with Crippen molar-refractivity contribution in [2.75, 3.05) is 0 Å². The molecule has 0 spiro atoms. The number of para-hydroxylation sites is 1. The number of aromatic amines is 1. The summed E-state index contributed by atoms with van der Waals surface area (Å²) in [7, 11) is 0. The third-order valence-corrected chi connectivity index (χ3v) is 1.83. The van der Waals surface area contributed by atoms with Gasteiger partial charge in [-0.2, -0.15) is 5.10 Å². The molecule has 0 radical (unpaired) electrons. The summed E-state index contributed by atoms with van der Waals surface area (Å²) in [5.41, 5.74) is 2.13. The van der Waals surface area contributed by atoms with E-state index in [9.17, 15) is 0 Å². The minimum absolute atomic E-state index is 1.02. The highest BCUT2D eigenvalue weighted by Gasteiger charge is 1.98. The number of fused-ring (bicyclic) bond motifs is 1. The van der Waals surface area contributed by atoms with Crippen LogP contribution in [0.15, 0.2) is 35.6 Å². The molecular weight excluding hydrogens is 150 g/mol. The molecule has 0 aliphatic carbocycles. The minimum atomic E-state index is 1.02. The predicted octanol–water partition coefficient (Wildman–Crippen LogP) is 1.46. The van der Waals surface area contributed by atoms with E-state index in [1.54, 1.807) is 6.21 Å². The molecule has 60 valence electrons. The molecule has 0 saturated heterocycles. The maximum absolute atomic E-state index is 5.07. The van der Waals surface area contributed by atoms with Crippen LogP contribution >= 0.6 is 0 Å². The first-order chi connectivity index (χ1) is 5.92. The summed E-state index contributed by atoms with van der Waals surface area (Å²) in [5, 5.41) is 4.63. The molecule has 0 aliphatic rings. The van der Waals surface area contributed by atoms with E-state index in [1.807, 2.05) is 30.5 Å². The molecule has 3 nitrogen and oxygen atoms in total. The van der Waals surface area contributed by atoms with Gasteiger partial charge in [-0.3, -0.25) is 0 Å². The van der Waals surface area contributed by atoms with Gasteiger partial charge in [-0.15, -0.1) is 0 Å². The molecular formula is C9H9N3. The summed E-state index contributed by atoms with van der Waals surface area (Å²) in [4.78, 5) is 3.13. The predicted molar refractivity (Wildman–Crippen MR) is 50.1 cm³/mol. The summed E-state index contributed by atoms with van der Waals surface area (Å²) in [6, 6.07) is 8.03. The first-order valence-corrected chi connectivity index (χ1v) is 3.71. The van der Waals surface area contributed by atoms with Crippen LogP contribution < -0.4 is 5.84 Å². The van der Waals surface area contributed by atoms with Crippen molar-refractivity contribution in [3.05, 3.63) is 36.0 Å². The molecule has 1 heterocycles. The van der Waals surface area contributed by atoms with Crippen molar-refractivity contribution in [2.24, 2.45) is 10.9 Å². The molecule has 1 aromatic heterocycles. The summed E-state index contributed by atoms with van der Waals surface area (Å²) >= 11 is 0. The van der Waals surface area contributed by atoms with Crippen LogP contribution in [0.25, 0.3) is 10.9 Å². The monoisotopic (exact) mass is 159 g/mol. The highest BCUT2D eigenvalue weighted by atomic mass is 15.1. The van der Waals surface area contributed by atoms with Crippen LogP contribution in [0.4, 0.5) is 0 Å². The van der Waals surface area contributed by atoms with Crippen LogP contribution in [0, 0.1) is 0 Å². The van der Waals surface area contributed by atoms with Gasteiger partial charge in [0.25, 0.3) is 0 Å². The van der Waals surface area contributed by atoms with Gasteiger partial charge in [0.05, 0.1) is 6.21 Å². The Morgan fingerprint density at radius 1 is 1.33 bits per heavy atom. The number of hydrazone groups is 1. The van der Waals surface area contributed by atoms with Crippen LogP contribution in [0.5, 0.6) is 0 Å². The summed E-state index contributed by atoms with van der Waals surface area (Å²) in [5.74, 6) is 5.07. The standard InChI is InChI=1S/C9H9N3/c10-12-6-7-5-11-9-4-2-1-3-8(7)9/h1-6,11H,10H2. The molecule has 0 fully saturated rings. The molecule has 0 unspecified atom stereocenters. The Labute approximate surface area is 69.9 Å². The molecule has 3 heteroatoms. The molecule has 0 saturated carbocycles. The van der Waals surface area contributed by atoms with Gasteiger partial charge in [-0.05, 0) is 6.07 Å². The third-order valence-electron chi connectivity index (χ3n) is 1.83. The lowest BCUT2D eigenvalue weighted by atomic mass is 10.2. The highest BCUT2D eigenvalue weighted by Crippen LogP contribution is 2.15. The smallest absolute Gasteiger partial charge is 0.0559 e. The highest BCUT2D eigenvalue weighted by molar-refractivity contribution is 5.98. The van der Waals surface area contributed by atoms with E-state index in [4.69, 9.17) is 5.84 Å². The number of nitrogens with one attached hydrogen (secondary N) is 1. The Kier molecular flexibility index (Phi) is 1.55. The Morgan fingerprint density at radius 2 is 2.17 bits per heavy atom. The number of nitrogens with zero attached hydrogens (tertiary/aromatic N) is 1. The van der Waals surface area contributed by atoms with Gasteiger partial charge in [0.2, 0.25) is 0 Å². The molecule has 3 N–H and O–H groups in total. The van der Waals surface area contributed by atoms with Crippen LogP contribution in [-0.4, -0.2) is 11.2 Å². The first kappa shape index (κ1) is 6.91. The lowest BCUT2D eigenvalue weighted by Gasteiger charge is -1.88. The van der Waals surface area contributed by atoms with Crippen LogP contribution in [0.1, 0.15) is 5.56 Å². The van der Waals surface area contributed by atoms with E-state index in [0.717, 1.165) is 16.5 Å². The van der Waals surface area contributed by atoms with Crippen molar-refractivity contribution in [3.8, 4) is 0 Å². The molecule has 0 atom stereocenters. The van der Waals surface area contributed by atoms with Crippen molar-refractivity contribution in [1.82, 2.24) is 4.98 Å². The SMILES string of the molecule is NN=Cc1c[nH]c2ccccc12. The van der Waals surface area contributed by atoms with E-state index in [2.05, 4.69) is 10.1 Å². The zero-order valence-electron chi connectivity index (χ0n) is 6.49. The maximum Gasteiger partial charge on any atom is 0.0559 e. The van der Waals surface area contributed by atoms with E-state index < -0.39 is 0 Å². The molecule has 0 amide bonds. The average Bonchev–Trinajstić information content (AvgIpc) is 2.50. The molecule has 12 heavy (non-hydrogen) atoms. The number of hydrogen-bond donors (Lipinski definition) is 2. The van der Waals surface area contributed by atoms with Crippen molar-refractivity contribution >= 4 is 17.1 Å². The van der Waals surface area contributed by atoms with Crippen molar-refractivity contribution < 1.29 is 0 Å². The second-order valence-corrected chi connectivity index (χ2v) is 2.57. The van der Waals surface area contributed by atoms with Crippen LogP contribution in [0.3, 0.4) is 0 Å². The van der Waals surface area contributed by atoms with E-state index in [1.165, 1.54) is 0 Å². The van der Waals surface area contributed by atoms with E-state index in [-0.39, 0.29) is 0 Å². The van der Waals surface area contributed by atoms with E-state index >= 15 is 0 Å². The van der Waals surface area contributed by atoms with Gasteiger partial charge in [0.15, 0.2) is 0 Å². The number of rotatable bonds is 1. The summed E-state index contributed by atoms with van der Waals surface area (Å²) in [6.45, 7) is 0. The minimum Gasteiger partial charge on any atom is -0.361 e. The lowest BCUT2D eigenvalue weighted by Crippen LogP contribution is -1.83. The Bertz CT molecular complexity index is 414. The number of benzene rings is 1. The number of H-pyrrole nitrogens is 1. The second-order valence-electron chi connectivity index (χ2n) is 2.57. The van der Waals surface area contributed by atoms with Crippen molar-refractivity contribution in [1.29, 1.82) is 0 Å². The van der Waals surface area contributed by atoms with Crippen molar-refractivity contribution in [2.45, 2.75) is 0 Å². The van der Waals surface area contributed by atoms with E-state index in [0.29, 0.717) is 0 Å². The lowest BCUT2D eigenvalue weighted by molar-refractivity contribution is 1.26.